The number of likely N-dealkylation sites (tertiary alicyclic amines) is 1. The zero-order valence-corrected chi connectivity index (χ0v) is 12.8. The van der Waals surface area contributed by atoms with Crippen LogP contribution in [0.5, 0.6) is 0 Å². The summed E-state index contributed by atoms with van der Waals surface area (Å²) in [7, 11) is 1.65. The third kappa shape index (κ3) is 3.13. The first-order valence-corrected chi connectivity index (χ1v) is 7.28. The Morgan fingerprint density at radius 2 is 2.19 bits per heavy atom. The first-order chi connectivity index (χ1) is 9.88. The minimum Gasteiger partial charge on any atom is -0.481 e. The van der Waals surface area contributed by atoms with Crippen molar-refractivity contribution in [1.29, 1.82) is 0 Å². The van der Waals surface area contributed by atoms with Gasteiger partial charge in [0.05, 0.1) is 25.4 Å². The molecule has 2 fully saturated rings. The molecule has 2 aliphatic rings. The molecule has 0 aromatic carbocycles. The second-order valence-electron chi connectivity index (χ2n) is 6.23. The van der Waals surface area contributed by atoms with Gasteiger partial charge >= 0.3 is 12.0 Å². The van der Waals surface area contributed by atoms with Crippen molar-refractivity contribution in [3.63, 3.8) is 0 Å². The number of urea groups is 1. The average Bonchev–Trinajstić information content (AvgIpc) is 2.82. The molecule has 2 aliphatic heterocycles. The van der Waals surface area contributed by atoms with Crippen LogP contribution in [-0.2, 0) is 14.3 Å². The molecule has 0 saturated carbocycles. The summed E-state index contributed by atoms with van der Waals surface area (Å²) >= 11 is 0. The number of rotatable bonds is 3. The minimum absolute atomic E-state index is 0.0233. The van der Waals surface area contributed by atoms with Gasteiger partial charge < -0.3 is 24.8 Å². The monoisotopic (exact) mass is 300 g/mol. The summed E-state index contributed by atoms with van der Waals surface area (Å²) in [6, 6.07) is -0.755. The third-order valence-corrected chi connectivity index (χ3v) is 4.72. The Labute approximate surface area is 124 Å². The maximum absolute atomic E-state index is 12.3. The van der Waals surface area contributed by atoms with Crippen LogP contribution in [0.3, 0.4) is 0 Å². The van der Waals surface area contributed by atoms with E-state index < -0.39 is 17.4 Å². The van der Waals surface area contributed by atoms with E-state index in [1.807, 2.05) is 0 Å². The van der Waals surface area contributed by atoms with Crippen LogP contribution < -0.4 is 5.32 Å². The second kappa shape index (κ2) is 6.19. The maximum Gasteiger partial charge on any atom is 0.317 e. The number of amides is 2. The highest BCUT2D eigenvalue weighted by atomic mass is 16.5. The van der Waals surface area contributed by atoms with Gasteiger partial charge in [-0.15, -0.1) is 0 Å². The number of nitrogens with zero attached hydrogens (tertiary/aromatic N) is 1. The fourth-order valence-electron chi connectivity index (χ4n) is 2.85. The molecule has 2 amide bonds. The van der Waals surface area contributed by atoms with Crippen LogP contribution in [0.2, 0.25) is 0 Å². The lowest BCUT2D eigenvalue weighted by Crippen LogP contribution is -2.56. The molecule has 7 nitrogen and oxygen atoms in total. The molecule has 0 aliphatic carbocycles. The van der Waals surface area contributed by atoms with E-state index in [4.69, 9.17) is 9.47 Å². The van der Waals surface area contributed by atoms with Gasteiger partial charge in [0.2, 0.25) is 0 Å². The van der Waals surface area contributed by atoms with Crippen molar-refractivity contribution in [2.45, 2.75) is 32.4 Å². The van der Waals surface area contributed by atoms with Crippen molar-refractivity contribution in [3.8, 4) is 0 Å². The second-order valence-corrected chi connectivity index (χ2v) is 6.23. The van der Waals surface area contributed by atoms with Crippen LogP contribution in [0.15, 0.2) is 0 Å². The molecule has 7 heteroatoms. The Kier molecular flexibility index (Phi) is 4.73. The Morgan fingerprint density at radius 1 is 1.48 bits per heavy atom. The lowest BCUT2D eigenvalue weighted by atomic mass is 9.85. The third-order valence-electron chi connectivity index (χ3n) is 4.72. The molecule has 4 unspecified atom stereocenters. The standard InChI is InChI=1S/C14H24N2O5/c1-9-4-5-16(6-10(9)20-3)13(19)15-11-7-21-8-14(11,2)12(17)18/h9-11H,4-8H2,1-3H3,(H,15,19)(H,17,18). The maximum atomic E-state index is 12.3. The van der Waals surface area contributed by atoms with Gasteiger partial charge in [-0.3, -0.25) is 4.79 Å². The van der Waals surface area contributed by atoms with E-state index in [2.05, 4.69) is 12.2 Å². The van der Waals surface area contributed by atoms with E-state index in [9.17, 15) is 14.7 Å². The molecule has 0 radical (unpaired) electrons. The Bertz CT molecular complexity index is 416. The molecule has 120 valence electrons. The summed E-state index contributed by atoms with van der Waals surface area (Å²) in [5, 5.41) is 12.1. The predicted octanol–water partition coefficient (Wildman–Crippen LogP) is 0.543. The largest absolute Gasteiger partial charge is 0.481 e. The lowest BCUT2D eigenvalue weighted by molar-refractivity contribution is -0.148. The fraction of sp³-hybridized carbons (Fsp3) is 0.857. The van der Waals surface area contributed by atoms with Gasteiger partial charge in [0, 0.05) is 20.2 Å². The molecular formula is C14H24N2O5. The van der Waals surface area contributed by atoms with Crippen molar-refractivity contribution in [2.24, 2.45) is 11.3 Å². The van der Waals surface area contributed by atoms with E-state index in [0.717, 1.165) is 6.42 Å². The summed E-state index contributed by atoms with van der Waals surface area (Å²) in [5.41, 5.74) is -1.07. The van der Waals surface area contributed by atoms with E-state index in [1.165, 1.54) is 0 Å². The van der Waals surface area contributed by atoms with Crippen LogP contribution in [-0.4, -0.2) is 67.6 Å². The van der Waals surface area contributed by atoms with E-state index in [1.54, 1.807) is 18.9 Å². The molecule has 2 rings (SSSR count). The van der Waals surface area contributed by atoms with Crippen molar-refractivity contribution in [3.05, 3.63) is 0 Å². The molecule has 4 atom stereocenters. The molecule has 2 saturated heterocycles. The van der Waals surface area contributed by atoms with Crippen LogP contribution in [0.1, 0.15) is 20.3 Å². The Hall–Kier alpha value is -1.34. The van der Waals surface area contributed by atoms with Gasteiger partial charge in [0.1, 0.15) is 5.41 Å². The highest BCUT2D eigenvalue weighted by Gasteiger charge is 2.48. The highest BCUT2D eigenvalue weighted by Crippen LogP contribution is 2.29. The minimum atomic E-state index is -1.07. The number of carboxylic acid groups (broad SMARTS) is 1. The van der Waals surface area contributed by atoms with Crippen molar-refractivity contribution in [2.75, 3.05) is 33.4 Å². The number of methoxy groups -OCH3 is 1. The number of nitrogens with one attached hydrogen (secondary N) is 1. The number of carbonyl (C=O) groups excluding carboxylic acids is 1. The van der Waals surface area contributed by atoms with Gasteiger partial charge in [-0.2, -0.15) is 0 Å². The zero-order valence-electron chi connectivity index (χ0n) is 12.8. The summed E-state index contributed by atoms with van der Waals surface area (Å²) < 4.78 is 10.6. The van der Waals surface area contributed by atoms with Gasteiger partial charge in [0.15, 0.2) is 0 Å². The topological polar surface area (TPSA) is 88.1 Å². The van der Waals surface area contributed by atoms with Gasteiger partial charge in [-0.1, -0.05) is 6.92 Å². The molecule has 2 N–H and O–H groups in total. The van der Waals surface area contributed by atoms with Crippen molar-refractivity contribution in [1.82, 2.24) is 10.2 Å². The number of ether oxygens (including phenoxy) is 2. The Balaban J connectivity index is 1.97. The van der Waals surface area contributed by atoms with Gasteiger partial charge in [-0.25, -0.2) is 4.79 Å². The van der Waals surface area contributed by atoms with Crippen molar-refractivity contribution >= 4 is 12.0 Å². The van der Waals surface area contributed by atoms with E-state index in [0.29, 0.717) is 19.0 Å². The molecule has 0 aromatic heterocycles. The summed E-state index contributed by atoms with van der Waals surface area (Å²) in [5.74, 6) is -0.537. The molecule has 0 spiro atoms. The number of aliphatic carboxylic acids is 1. The number of piperidine rings is 1. The predicted molar refractivity (Wildman–Crippen MR) is 75.0 cm³/mol. The highest BCUT2D eigenvalue weighted by molar-refractivity contribution is 5.79. The molecule has 2 heterocycles. The van der Waals surface area contributed by atoms with Crippen LogP contribution >= 0.6 is 0 Å². The summed E-state index contributed by atoms with van der Waals surface area (Å²) in [6.07, 6.45) is 0.902. The smallest absolute Gasteiger partial charge is 0.317 e. The van der Waals surface area contributed by atoms with Crippen LogP contribution in [0.4, 0.5) is 4.79 Å². The quantitative estimate of drug-likeness (QED) is 0.794. The first kappa shape index (κ1) is 16.0. The molecule has 0 bridgehead atoms. The van der Waals surface area contributed by atoms with E-state index in [-0.39, 0.29) is 25.3 Å². The fourth-order valence-corrected chi connectivity index (χ4v) is 2.85. The molecule has 0 aromatic rings. The van der Waals surface area contributed by atoms with Crippen LogP contribution in [0, 0.1) is 11.3 Å². The normalized spacial score (nSPS) is 36.5. The molecular weight excluding hydrogens is 276 g/mol. The number of hydrogen-bond donors (Lipinski definition) is 2. The number of carbonyl (C=O) groups is 2. The summed E-state index contributed by atoms with van der Waals surface area (Å²) in [6.45, 7) is 5.24. The van der Waals surface area contributed by atoms with Gasteiger partial charge in [-0.05, 0) is 19.3 Å². The van der Waals surface area contributed by atoms with Crippen molar-refractivity contribution < 1.29 is 24.2 Å². The first-order valence-electron chi connectivity index (χ1n) is 7.28. The van der Waals surface area contributed by atoms with Crippen LogP contribution in [0.25, 0.3) is 0 Å². The molecule has 21 heavy (non-hydrogen) atoms. The van der Waals surface area contributed by atoms with E-state index >= 15 is 0 Å². The average molecular weight is 300 g/mol. The number of hydrogen-bond acceptors (Lipinski definition) is 4. The SMILES string of the molecule is COC1CN(C(=O)NC2COCC2(C)C(=O)O)CCC1C. The lowest BCUT2D eigenvalue weighted by Gasteiger charge is -2.37. The summed E-state index contributed by atoms with van der Waals surface area (Å²) in [4.78, 5) is 25.4. The zero-order chi connectivity index (χ0) is 15.6. The Morgan fingerprint density at radius 3 is 2.81 bits per heavy atom. The van der Waals surface area contributed by atoms with Gasteiger partial charge in [0.25, 0.3) is 0 Å². The number of carboxylic acids is 1.